The number of amides is 2. The Hall–Kier alpha value is -2.38. The van der Waals surface area contributed by atoms with Crippen molar-refractivity contribution in [2.45, 2.75) is 25.8 Å². The molecule has 2 aromatic rings. The van der Waals surface area contributed by atoms with Gasteiger partial charge >= 0.3 is 0 Å². The van der Waals surface area contributed by atoms with Gasteiger partial charge in [0, 0.05) is 51.0 Å². The number of rotatable bonds is 9. The normalized spacial score (nSPS) is 13.8. The van der Waals surface area contributed by atoms with Crippen LogP contribution in [-0.4, -0.2) is 62.9 Å². The van der Waals surface area contributed by atoms with Gasteiger partial charge in [-0.1, -0.05) is 12.5 Å². The number of carbonyl (C=O) groups is 2. The lowest BCUT2D eigenvalue weighted by atomic mass is 9.85. The summed E-state index contributed by atoms with van der Waals surface area (Å²) in [5, 5.41) is 4.99. The largest absolute Gasteiger partial charge is 0.377 e. The van der Waals surface area contributed by atoms with E-state index in [4.69, 9.17) is 0 Å². The maximum absolute atomic E-state index is 13.1. The minimum absolute atomic E-state index is 0.0421. The van der Waals surface area contributed by atoms with Gasteiger partial charge in [0.25, 0.3) is 5.91 Å². The Bertz CT molecular complexity index is 860. The molecule has 2 amide bonds. The maximum atomic E-state index is 13.1. The van der Waals surface area contributed by atoms with Crippen LogP contribution >= 0.6 is 11.3 Å². The van der Waals surface area contributed by atoms with Crippen molar-refractivity contribution in [2.75, 3.05) is 51.5 Å². The molecule has 0 unspecified atom stereocenters. The average Bonchev–Trinajstić information content (AvgIpc) is 3.17. The fourth-order valence-corrected chi connectivity index (χ4v) is 4.17. The van der Waals surface area contributed by atoms with Crippen LogP contribution in [0, 0.1) is 5.92 Å². The Morgan fingerprint density at radius 2 is 1.87 bits per heavy atom. The van der Waals surface area contributed by atoms with Crippen LogP contribution in [-0.2, 0) is 11.3 Å². The molecule has 0 spiro atoms. The lowest BCUT2D eigenvalue weighted by Crippen LogP contribution is -2.36. The molecule has 1 saturated carbocycles. The number of anilines is 2. The van der Waals surface area contributed by atoms with Gasteiger partial charge in [-0.05, 0) is 62.1 Å². The molecule has 3 rings (SSSR count). The zero-order valence-corrected chi connectivity index (χ0v) is 19.2. The van der Waals surface area contributed by atoms with Gasteiger partial charge in [0.05, 0.1) is 4.88 Å². The third-order valence-corrected chi connectivity index (χ3v) is 6.36. The predicted molar refractivity (Wildman–Crippen MR) is 124 cm³/mol. The number of carbonyl (C=O) groups excluding carboxylic acids is 2. The minimum Gasteiger partial charge on any atom is -0.377 e. The minimum atomic E-state index is 0.0421. The first kappa shape index (κ1) is 22.3. The van der Waals surface area contributed by atoms with E-state index in [1.54, 1.807) is 0 Å². The van der Waals surface area contributed by atoms with Crippen molar-refractivity contribution in [3.63, 3.8) is 0 Å². The quantitative estimate of drug-likeness (QED) is 0.661. The summed E-state index contributed by atoms with van der Waals surface area (Å²) in [6.07, 6.45) is 3.08. The van der Waals surface area contributed by atoms with Gasteiger partial charge in [0.15, 0.2) is 0 Å². The fourth-order valence-electron chi connectivity index (χ4n) is 3.48. The molecule has 1 heterocycles. The Balaban J connectivity index is 1.83. The van der Waals surface area contributed by atoms with Gasteiger partial charge in [-0.3, -0.25) is 9.59 Å². The van der Waals surface area contributed by atoms with Crippen molar-refractivity contribution in [3.8, 4) is 0 Å². The van der Waals surface area contributed by atoms with Gasteiger partial charge in [-0.25, -0.2) is 0 Å². The molecule has 0 aliphatic heterocycles. The zero-order chi connectivity index (χ0) is 21.7. The summed E-state index contributed by atoms with van der Waals surface area (Å²) in [4.78, 5) is 32.3. The van der Waals surface area contributed by atoms with Crippen LogP contribution in [0.25, 0.3) is 0 Å². The highest BCUT2D eigenvalue weighted by Gasteiger charge is 2.25. The predicted octanol–water partition coefficient (Wildman–Crippen LogP) is 3.76. The molecule has 162 valence electrons. The third-order valence-electron chi connectivity index (χ3n) is 5.50. The topological polar surface area (TPSA) is 55.9 Å². The van der Waals surface area contributed by atoms with Crippen LogP contribution in [0.15, 0.2) is 35.7 Å². The molecule has 1 aromatic heterocycles. The molecule has 0 saturated heterocycles. The molecule has 0 atom stereocenters. The van der Waals surface area contributed by atoms with Crippen molar-refractivity contribution >= 4 is 34.5 Å². The van der Waals surface area contributed by atoms with E-state index < -0.39 is 0 Å². The molecule has 30 heavy (non-hydrogen) atoms. The number of hydrogen-bond acceptors (Lipinski definition) is 5. The molecular weight excluding hydrogens is 396 g/mol. The molecule has 7 heteroatoms. The molecule has 1 aliphatic rings. The second kappa shape index (κ2) is 10.1. The first-order chi connectivity index (χ1) is 14.3. The molecule has 1 aliphatic carbocycles. The van der Waals surface area contributed by atoms with E-state index in [1.165, 1.54) is 11.3 Å². The number of thiophene rings is 1. The zero-order valence-electron chi connectivity index (χ0n) is 18.4. The van der Waals surface area contributed by atoms with Crippen LogP contribution in [0.5, 0.6) is 0 Å². The lowest BCUT2D eigenvalue weighted by molar-refractivity contribution is -0.122. The Morgan fingerprint density at radius 3 is 2.43 bits per heavy atom. The van der Waals surface area contributed by atoms with Crippen molar-refractivity contribution in [1.29, 1.82) is 0 Å². The van der Waals surface area contributed by atoms with E-state index >= 15 is 0 Å². The van der Waals surface area contributed by atoms with Gasteiger partial charge in [-0.15, -0.1) is 11.3 Å². The van der Waals surface area contributed by atoms with Gasteiger partial charge in [0.1, 0.15) is 0 Å². The second-order valence-electron chi connectivity index (χ2n) is 8.36. The highest BCUT2D eigenvalue weighted by atomic mass is 32.1. The van der Waals surface area contributed by atoms with Crippen molar-refractivity contribution in [2.24, 2.45) is 5.92 Å². The average molecular weight is 429 g/mol. The highest BCUT2D eigenvalue weighted by Crippen LogP contribution is 2.29. The molecule has 6 nitrogen and oxygen atoms in total. The van der Waals surface area contributed by atoms with Crippen LogP contribution in [0.1, 0.15) is 34.5 Å². The van der Waals surface area contributed by atoms with Crippen LogP contribution < -0.4 is 10.2 Å². The molecule has 1 N–H and O–H groups in total. The summed E-state index contributed by atoms with van der Waals surface area (Å²) in [7, 11) is 8.01. The van der Waals surface area contributed by atoms with E-state index in [1.807, 2.05) is 73.7 Å². The first-order valence-corrected chi connectivity index (χ1v) is 11.3. The standard InChI is InChI=1S/C23H32N4O2S/c1-25(2)12-13-27(23(29)21-9-6-14-30-21)16-18-15-19(10-11-20(18)26(3)4)24-22(28)17-7-5-8-17/h6,9-11,14-15,17H,5,7-8,12-13,16H2,1-4H3,(H,24,28). The Morgan fingerprint density at radius 1 is 1.10 bits per heavy atom. The molecule has 0 radical (unpaired) electrons. The van der Waals surface area contributed by atoms with Gasteiger partial charge in [-0.2, -0.15) is 0 Å². The van der Waals surface area contributed by atoms with E-state index in [0.29, 0.717) is 13.1 Å². The lowest BCUT2D eigenvalue weighted by Gasteiger charge is -2.28. The fraction of sp³-hybridized carbons (Fsp3) is 0.478. The number of nitrogens with zero attached hydrogens (tertiary/aromatic N) is 3. The summed E-state index contributed by atoms with van der Waals surface area (Å²) in [5.74, 6) is 0.281. The third kappa shape index (κ3) is 5.61. The van der Waals surface area contributed by atoms with Crippen molar-refractivity contribution in [1.82, 2.24) is 9.80 Å². The molecule has 1 aromatic carbocycles. The summed E-state index contributed by atoms with van der Waals surface area (Å²) in [6.45, 7) is 1.91. The summed E-state index contributed by atoms with van der Waals surface area (Å²) in [5.41, 5.74) is 2.86. The molecular formula is C23H32N4O2S. The van der Waals surface area contributed by atoms with Crippen LogP contribution in [0.2, 0.25) is 0 Å². The van der Waals surface area contributed by atoms with E-state index in [0.717, 1.165) is 47.6 Å². The number of benzene rings is 1. The summed E-state index contributed by atoms with van der Waals surface area (Å²) >= 11 is 1.47. The van der Waals surface area contributed by atoms with Crippen LogP contribution in [0.4, 0.5) is 11.4 Å². The number of likely N-dealkylation sites (N-methyl/N-ethyl adjacent to an activating group) is 1. The van der Waals surface area contributed by atoms with E-state index in [9.17, 15) is 9.59 Å². The Labute approximate surface area is 183 Å². The smallest absolute Gasteiger partial charge is 0.264 e. The SMILES string of the molecule is CN(C)CCN(Cc1cc(NC(=O)C2CCC2)ccc1N(C)C)C(=O)c1cccs1. The summed E-state index contributed by atoms with van der Waals surface area (Å²) in [6, 6.07) is 9.75. The second-order valence-corrected chi connectivity index (χ2v) is 9.31. The van der Waals surface area contributed by atoms with Crippen molar-refractivity contribution < 1.29 is 9.59 Å². The number of hydrogen-bond donors (Lipinski definition) is 1. The van der Waals surface area contributed by atoms with Crippen molar-refractivity contribution in [3.05, 3.63) is 46.2 Å². The van der Waals surface area contributed by atoms with E-state index in [2.05, 4.69) is 10.2 Å². The number of nitrogens with one attached hydrogen (secondary N) is 1. The van der Waals surface area contributed by atoms with Gasteiger partial charge < -0.3 is 20.0 Å². The highest BCUT2D eigenvalue weighted by molar-refractivity contribution is 7.12. The van der Waals surface area contributed by atoms with Gasteiger partial charge in [0.2, 0.25) is 5.91 Å². The maximum Gasteiger partial charge on any atom is 0.264 e. The monoisotopic (exact) mass is 428 g/mol. The molecule has 1 fully saturated rings. The van der Waals surface area contributed by atoms with E-state index in [-0.39, 0.29) is 17.7 Å². The first-order valence-electron chi connectivity index (χ1n) is 10.4. The molecule has 0 bridgehead atoms. The van der Waals surface area contributed by atoms with Crippen LogP contribution in [0.3, 0.4) is 0 Å². The Kier molecular flexibility index (Phi) is 7.50. The summed E-state index contributed by atoms with van der Waals surface area (Å²) < 4.78 is 0.